The zero-order chi connectivity index (χ0) is 22.0. The van der Waals surface area contributed by atoms with Crippen LogP contribution < -0.4 is 10.2 Å². The normalized spacial score (nSPS) is 15.9. The fourth-order valence-corrected chi connectivity index (χ4v) is 5.07. The number of hydrogen-bond donors (Lipinski definition) is 1. The van der Waals surface area contributed by atoms with Crippen molar-refractivity contribution in [2.24, 2.45) is 0 Å². The molecule has 0 aromatic heterocycles. The Labute approximate surface area is 187 Å². The molecule has 0 aliphatic carbocycles. The van der Waals surface area contributed by atoms with E-state index >= 15 is 0 Å². The van der Waals surface area contributed by atoms with Crippen molar-refractivity contribution in [3.05, 3.63) is 94.5 Å². The summed E-state index contributed by atoms with van der Waals surface area (Å²) in [4.78, 5) is 27.3. The molecule has 31 heavy (non-hydrogen) atoms. The summed E-state index contributed by atoms with van der Waals surface area (Å²) in [5.74, 6) is 0.407. The van der Waals surface area contributed by atoms with E-state index < -0.39 is 0 Å². The van der Waals surface area contributed by atoms with E-state index in [0.717, 1.165) is 34.5 Å². The molecule has 1 N–H and O–H groups in total. The molecule has 0 unspecified atom stereocenters. The first-order valence-corrected chi connectivity index (χ1v) is 11.5. The van der Waals surface area contributed by atoms with Gasteiger partial charge in [0.25, 0.3) is 5.91 Å². The van der Waals surface area contributed by atoms with Crippen molar-refractivity contribution < 1.29 is 9.59 Å². The third kappa shape index (κ3) is 4.67. The van der Waals surface area contributed by atoms with Crippen molar-refractivity contribution in [1.29, 1.82) is 0 Å². The van der Waals surface area contributed by atoms with E-state index in [1.807, 2.05) is 67.3 Å². The van der Waals surface area contributed by atoms with Crippen LogP contribution in [-0.4, -0.2) is 17.6 Å². The standard InChI is InChI=1S/C26H26N2O2S/c1-4-19-8-10-20(11-9-19)25(30)27-22-7-5-6-21(15-22)26-28(24(29)16-31-26)23-13-17(2)12-18(3)14-23/h5-15,26H,4,16H2,1-3H3,(H,27,30)/t26-/m1/s1. The average molecular weight is 431 g/mol. The van der Waals surface area contributed by atoms with Crippen molar-refractivity contribution >= 4 is 35.0 Å². The van der Waals surface area contributed by atoms with Gasteiger partial charge in [-0.25, -0.2) is 0 Å². The molecule has 1 atom stereocenters. The largest absolute Gasteiger partial charge is 0.322 e. The molecule has 3 aromatic rings. The Hall–Kier alpha value is -3.05. The van der Waals surface area contributed by atoms with Gasteiger partial charge in [-0.15, -0.1) is 11.8 Å². The molecule has 158 valence electrons. The number of benzene rings is 3. The van der Waals surface area contributed by atoms with Gasteiger partial charge in [0.1, 0.15) is 5.37 Å². The quantitative estimate of drug-likeness (QED) is 0.548. The fourth-order valence-electron chi connectivity index (χ4n) is 3.90. The van der Waals surface area contributed by atoms with Crippen LogP contribution >= 0.6 is 11.8 Å². The SMILES string of the molecule is CCc1ccc(C(=O)Nc2cccc([C@H]3SCC(=O)N3c3cc(C)cc(C)c3)c2)cc1. The second-order valence-electron chi connectivity index (χ2n) is 7.90. The molecular weight excluding hydrogens is 404 g/mol. The molecule has 2 amide bonds. The summed E-state index contributed by atoms with van der Waals surface area (Å²) in [5.41, 5.74) is 6.74. The monoisotopic (exact) mass is 430 g/mol. The number of amides is 2. The number of nitrogens with zero attached hydrogens (tertiary/aromatic N) is 1. The molecule has 0 bridgehead atoms. The van der Waals surface area contributed by atoms with E-state index in [2.05, 4.69) is 30.4 Å². The average Bonchev–Trinajstić information content (AvgIpc) is 3.15. The predicted octanol–water partition coefficient (Wildman–Crippen LogP) is 5.90. The molecule has 4 nitrogen and oxygen atoms in total. The van der Waals surface area contributed by atoms with Crippen LogP contribution in [0.5, 0.6) is 0 Å². The second kappa shape index (κ2) is 8.98. The van der Waals surface area contributed by atoms with Crippen LogP contribution in [0.2, 0.25) is 0 Å². The predicted molar refractivity (Wildman–Crippen MR) is 129 cm³/mol. The molecule has 1 aliphatic rings. The Balaban J connectivity index is 1.58. The minimum Gasteiger partial charge on any atom is -0.322 e. The molecule has 1 saturated heterocycles. The molecule has 0 saturated carbocycles. The van der Waals surface area contributed by atoms with Gasteiger partial charge in [-0.05, 0) is 78.9 Å². The third-order valence-electron chi connectivity index (χ3n) is 5.41. The summed E-state index contributed by atoms with van der Waals surface area (Å²) < 4.78 is 0. The summed E-state index contributed by atoms with van der Waals surface area (Å²) >= 11 is 1.61. The minimum absolute atomic E-state index is 0.102. The molecule has 0 spiro atoms. The van der Waals surface area contributed by atoms with Gasteiger partial charge in [-0.2, -0.15) is 0 Å². The van der Waals surface area contributed by atoms with Gasteiger partial charge in [0.05, 0.1) is 5.75 Å². The fraction of sp³-hybridized carbons (Fsp3) is 0.231. The van der Waals surface area contributed by atoms with Crippen LogP contribution in [0.25, 0.3) is 0 Å². The summed E-state index contributed by atoms with van der Waals surface area (Å²) in [7, 11) is 0. The number of rotatable bonds is 5. The lowest BCUT2D eigenvalue weighted by Crippen LogP contribution is -2.28. The second-order valence-corrected chi connectivity index (χ2v) is 8.97. The van der Waals surface area contributed by atoms with Crippen LogP contribution in [0.15, 0.2) is 66.7 Å². The maximum atomic E-state index is 12.7. The lowest BCUT2D eigenvalue weighted by atomic mass is 10.1. The molecule has 1 fully saturated rings. The van der Waals surface area contributed by atoms with E-state index in [4.69, 9.17) is 0 Å². The Kier molecular flexibility index (Phi) is 6.14. The maximum Gasteiger partial charge on any atom is 0.255 e. The highest BCUT2D eigenvalue weighted by molar-refractivity contribution is 8.00. The molecule has 1 heterocycles. The van der Waals surface area contributed by atoms with Gasteiger partial charge < -0.3 is 5.32 Å². The number of carbonyl (C=O) groups excluding carboxylic acids is 2. The van der Waals surface area contributed by atoms with Crippen molar-refractivity contribution in [3.8, 4) is 0 Å². The van der Waals surface area contributed by atoms with Crippen LogP contribution in [0.1, 0.15) is 44.9 Å². The third-order valence-corrected chi connectivity index (χ3v) is 6.62. The van der Waals surface area contributed by atoms with Gasteiger partial charge in [-0.1, -0.05) is 37.3 Å². The van der Waals surface area contributed by atoms with E-state index in [-0.39, 0.29) is 17.2 Å². The first-order valence-electron chi connectivity index (χ1n) is 10.5. The lowest BCUT2D eigenvalue weighted by Gasteiger charge is -2.25. The van der Waals surface area contributed by atoms with Gasteiger partial charge in [0, 0.05) is 16.9 Å². The van der Waals surface area contributed by atoms with E-state index in [9.17, 15) is 9.59 Å². The van der Waals surface area contributed by atoms with E-state index in [1.165, 1.54) is 5.56 Å². The number of hydrogen-bond acceptors (Lipinski definition) is 3. The van der Waals surface area contributed by atoms with Crippen LogP contribution in [0.3, 0.4) is 0 Å². The number of thioether (sulfide) groups is 1. The highest BCUT2D eigenvalue weighted by atomic mass is 32.2. The maximum absolute atomic E-state index is 12.7. The zero-order valence-electron chi connectivity index (χ0n) is 18.0. The van der Waals surface area contributed by atoms with Crippen LogP contribution in [0.4, 0.5) is 11.4 Å². The highest BCUT2D eigenvalue weighted by Crippen LogP contribution is 2.42. The van der Waals surface area contributed by atoms with Crippen molar-refractivity contribution in [2.75, 3.05) is 16.0 Å². The minimum atomic E-state index is -0.138. The number of nitrogens with one attached hydrogen (secondary N) is 1. The number of anilines is 2. The Morgan fingerprint density at radius 3 is 2.42 bits per heavy atom. The Morgan fingerprint density at radius 1 is 1.03 bits per heavy atom. The first-order chi connectivity index (χ1) is 14.9. The molecule has 5 heteroatoms. The smallest absolute Gasteiger partial charge is 0.255 e. The van der Waals surface area contributed by atoms with Crippen molar-refractivity contribution in [3.63, 3.8) is 0 Å². The summed E-state index contributed by atoms with van der Waals surface area (Å²) in [5, 5.41) is 2.88. The highest BCUT2D eigenvalue weighted by Gasteiger charge is 2.34. The molecule has 1 aliphatic heterocycles. The summed E-state index contributed by atoms with van der Waals surface area (Å²) in [6, 6.07) is 21.7. The van der Waals surface area contributed by atoms with E-state index in [0.29, 0.717) is 11.3 Å². The van der Waals surface area contributed by atoms with Gasteiger partial charge in [0.2, 0.25) is 5.91 Å². The zero-order valence-corrected chi connectivity index (χ0v) is 18.8. The molecule has 3 aromatic carbocycles. The van der Waals surface area contributed by atoms with E-state index in [1.54, 1.807) is 11.8 Å². The van der Waals surface area contributed by atoms with Gasteiger partial charge in [-0.3, -0.25) is 14.5 Å². The molecular formula is C26H26N2O2S. The van der Waals surface area contributed by atoms with Gasteiger partial charge in [0.15, 0.2) is 0 Å². The topological polar surface area (TPSA) is 49.4 Å². The molecule has 4 rings (SSSR count). The van der Waals surface area contributed by atoms with Crippen molar-refractivity contribution in [2.45, 2.75) is 32.6 Å². The lowest BCUT2D eigenvalue weighted by molar-refractivity contribution is -0.115. The van der Waals surface area contributed by atoms with Crippen molar-refractivity contribution in [1.82, 2.24) is 0 Å². The first kappa shape index (κ1) is 21.2. The Morgan fingerprint density at radius 2 is 1.74 bits per heavy atom. The number of carbonyl (C=O) groups is 2. The summed E-state index contributed by atoms with van der Waals surface area (Å²) in [6.07, 6.45) is 0.943. The Bertz CT molecular complexity index is 1100. The molecule has 0 radical (unpaired) electrons. The van der Waals surface area contributed by atoms with Crippen LogP contribution in [-0.2, 0) is 11.2 Å². The van der Waals surface area contributed by atoms with Gasteiger partial charge >= 0.3 is 0 Å². The van der Waals surface area contributed by atoms with Crippen LogP contribution in [0, 0.1) is 13.8 Å². The summed E-state index contributed by atoms with van der Waals surface area (Å²) in [6.45, 7) is 6.18. The number of aryl methyl sites for hydroxylation is 3.